The maximum atomic E-state index is 14.1. The minimum Gasteiger partial charge on any atom is -0.480 e. The average molecular weight is 667 g/mol. The molecule has 1 aliphatic heterocycles. The van der Waals surface area contributed by atoms with Gasteiger partial charge in [-0.25, -0.2) is 14.6 Å². The van der Waals surface area contributed by atoms with Crippen LogP contribution in [-0.2, 0) is 29.3 Å². The van der Waals surface area contributed by atoms with Crippen LogP contribution < -0.4 is 16.0 Å². The van der Waals surface area contributed by atoms with E-state index in [9.17, 15) is 29.1 Å². The van der Waals surface area contributed by atoms with Gasteiger partial charge in [-0.3, -0.25) is 14.4 Å². The second kappa shape index (κ2) is 14.8. The Kier molecular flexibility index (Phi) is 11.2. The number of hydrogen-bond acceptors (Lipinski definition) is 7. The first-order valence-corrected chi connectivity index (χ1v) is 16.8. The molecule has 48 heavy (non-hydrogen) atoms. The molecule has 0 bridgehead atoms. The third kappa shape index (κ3) is 8.73. The fourth-order valence-corrected chi connectivity index (χ4v) is 6.49. The van der Waals surface area contributed by atoms with E-state index in [2.05, 4.69) is 25.9 Å². The molecule has 2 aromatic rings. The molecular formula is C35H50N6O7. The molecule has 1 aromatic carbocycles. The monoisotopic (exact) mass is 666 g/mol. The van der Waals surface area contributed by atoms with Crippen LogP contribution in [0.4, 0.5) is 10.6 Å². The van der Waals surface area contributed by atoms with Gasteiger partial charge in [0.25, 0.3) is 0 Å². The Labute approximate surface area is 282 Å². The predicted molar refractivity (Wildman–Crippen MR) is 179 cm³/mol. The van der Waals surface area contributed by atoms with E-state index in [-0.39, 0.29) is 17.6 Å². The van der Waals surface area contributed by atoms with Crippen LogP contribution in [0.2, 0.25) is 0 Å². The number of aromatic nitrogens is 2. The second-order valence-electron chi connectivity index (χ2n) is 14.6. The summed E-state index contributed by atoms with van der Waals surface area (Å²) < 4.78 is 5.33. The maximum absolute atomic E-state index is 14.1. The van der Waals surface area contributed by atoms with Crippen LogP contribution in [0.1, 0.15) is 104 Å². The van der Waals surface area contributed by atoms with Gasteiger partial charge in [0.2, 0.25) is 17.7 Å². The van der Waals surface area contributed by atoms with Crippen molar-refractivity contribution in [2.24, 2.45) is 5.92 Å². The standard InChI is InChI=1S/C35H50N6O7/c1-33(2,3)48-32(47)40-34(4,5)30(45)37-24(20-22-14-9-7-10-15-22)27(42)38-26-21-36-29(39-26)35(6,23-16-11-8-12-17-23)31(46)41-19-13-18-25(41)28(43)44/h8,11-12,16-17,21-22,24-25H,7,9-10,13-15,18-20H2,1-6H3,(H,36,39)(H,37,45)(H,38,42)(H,40,47)(H,43,44)/t24-,25+,35?/m1/s1. The highest BCUT2D eigenvalue weighted by molar-refractivity contribution is 5.99. The number of aliphatic carboxylic acids is 1. The molecule has 3 atom stereocenters. The van der Waals surface area contributed by atoms with Crippen LogP contribution in [0, 0.1) is 5.92 Å². The quantitative estimate of drug-likeness (QED) is 0.232. The van der Waals surface area contributed by atoms with E-state index in [1.165, 1.54) is 11.1 Å². The number of nitrogens with zero attached hydrogens (tertiary/aromatic N) is 2. The first-order valence-electron chi connectivity index (χ1n) is 16.8. The number of hydrogen-bond donors (Lipinski definition) is 5. The minimum atomic E-state index is -1.38. The van der Waals surface area contributed by atoms with Gasteiger partial charge in [-0.2, -0.15) is 0 Å². The lowest BCUT2D eigenvalue weighted by atomic mass is 9.80. The molecular weight excluding hydrogens is 616 g/mol. The number of imidazole rings is 1. The van der Waals surface area contributed by atoms with E-state index in [0.717, 1.165) is 32.1 Å². The molecule has 0 spiro atoms. The van der Waals surface area contributed by atoms with E-state index >= 15 is 0 Å². The third-order valence-electron chi connectivity index (χ3n) is 9.18. The largest absolute Gasteiger partial charge is 0.480 e. The molecule has 1 aromatic heterocycles. The molecule has 13 heteroatoms. The van der Waals surface area contributed by atoms with E-state index in [1.54, 1.807) is 65.8 Å². The van der Waals surface area contributed by atoms with E-state index in [1.807, 2.05) is 6.07 Å². The summed E-state index contributed by atoms with van der Waals surface area (Å²) in [5.74, 6) is -1.80. The highest BCUT2D eigenvalue weighted by atomic mass is 16.6. The Balaban J connectivity index is 1.57. The van der Waals surface area contributed by atoms with E-state index in [0.29, 0.717) is 31.4 Å². The van der Waals surface area contributed by atoms with E-state index in [4.69, 9.17) is 4.74 Å². The summed E-state index contributed by atoms with van der Waals surface area (Å²) >= 11 is 0. The van der Waals surface area contributed by atoms with Crippen LogP contribution in [0.5, 0.6) is 0 Å². The van der Waals surface area contributed by atoms with Crippen molar-refractivity contribution in [2.75, 3.05) is 11.9 Å². The lowest BCUT2D eigenvalue weighted by Crippen LogP contribution is -2.59. The fraction of sp³-hybridized carbons (Fsp3) is 0.600. The zero-order chi connectivity index (χ0) is 35.3. The summed E-state index contributed by atoms with van der Waals surface area (Å²) in [4.78, 5) is 74.9. The summed E-state index contributed by atoms with van der Waals surface area (Å²) in [5.41, 5.74) is -2.90. The Morgan fingerprint density at radius 3 is 2.27 bits per heavy atom. The minimum absolute atomic E-state index is 0.218. The number of anilines is 1. The number of nitrogens with one attached hydrogen (secondary N) is 4. The summed E-state index contributed by atoms with van der Waals surface area (Å²) in [5, 5.41) is 18.1. The topological polar surface area (TPSA) is 183 Å². The number of H-pyrrole nitrogens is 1. The zero-order valence-electron chi connectivity index (χ0n) is 28.9. The van der Waals surface area contributed by atoms with Gasteiger partial charge in [-0.05, 0) is 72.3 Å². The van der Waals surface area contributed by atoms with Crippen molar-refractivity contribution >= 4 is 35.6 Å². The molecule has 13 nitrogen and oxygen atoms in total. The van der Waals surface area contributed by atoms with Crippen molar-refractivity contribution in [3.63, 3.8) is 0 Å². The number of carboxylic acid groups (broad SMARTS) is 1. The first kappa shape index (κ1) is 36.4. The van der Waals surface area contributed by atoms with Crippen molar-refractivity contribution in [3.8, 4) is 0 Å². The van der Waals surface area contributed by atoms with Gasteiger partial charge in [-0.15, -0.1) is 0 Å². The lowest BCUT2D eigenvalue weighted by molar-refractivity contribution is -0.150. The number of carbonyl (C=O) groups excluding carboxylic acids is 4. The molecule has 1 saturated heterocycles. The Morgan fingerprint density at radius 1 is 0.979 bits per heavy atom. The van der Waals surface area contributed by atoms with Crippen molar-refractivity contribution in [3.05, 3.63) is 47.9 Å². The molecule has 0 radical (unpaired) electrons. The maximum Gasteiger partial charge on any atom is 0.408 e. The normalized spacial score (nSPS) is 19.1. The Hall–Kier alpha value is -4.42. The van der Waals surface area contributed by atoms with Crippen LogP contribution in [0.3, 0.4) is 0 Å². The molecule has 4 amide bonds. The Morgan fingerprint density at radius 2 is 1.65 bits per heavy atom. The van der Waals surface area contributed by atoms with Crippen LogP contribution in [0.15, 0.2) is 36.5 Å². The van der Waals surface area contributed by atoms with Crippen LogP contribution in [0.25, 0.3) is 0 Å². The first-order chi connectivity index (χ1) is 22.5. The summed E-state index contributed by atoms with van der Waals surface area (Å²) in [6.45, 7) is 10.3. The highest BCUT2D eigenvalue weighted by Gasteiger charge is 2.47. The SMILES string of the molecule is CC(C)(C)OC(=O)NC(C)(C)C(=O)N[C@H](CC1CCCCC1)C(=O)Nc1cnc(C(C)(C(=O)N2CCC[C@H]2C(=O)O)c2ccccc2)[nH]1. The number of rotatable bonds is 11. The zero-order valence-corrected chi connectivity index (χ0v) is 28.9. The average Bonchev–Trinajstić information content (AvgIpc) is 3.70. The third-order valence-corrected chi connectivity index (χ3v) is 9.18. The summed E-state index contributed by atoms with van der Waals surface area (Å²) in [7, 11) is 0. The van der Waals surface area contributed by atoms with Gasteiger partial charge in [0.05, 0.1) is 6.20 Å². The van der Waals surface area contributed by atoms with Crippen molar-refractivity contribution in [1.29, 1.82) is 0 Å². The van der Waals surface area contributed by atoms with Gasteiger partial charge in [-0.1, -0.05) is 62.4 Å². The number of benzene rings is 1. The molecule has 2 aliphatic rings. The van der Waals surface area contributed by atoms with Crippen molar-refractivity contribution in [1.82, 2.24) is 25.5 Å². The number of carboxylic acids is 1. The molecule has 262 valence electrons. The van der Waals surface area contributed by atoms with Gasteiger partial charge in [0.15, 0.2) is 0 Å². The summed E-state index contributed by atoms with van der Waals surface area (Å²) in [6, 6.07) is 7.12. The summed E-state index contributed by atoms with van der Waals surface area (Å²) in [6.07, 6.45) is 7.13. The highest BCUT2D eigenvalue weighted by Crippen LogP contribution is 2.35. The predicted octanol–water partition coefficient (Wildman–Crippen LogP) is 4.49. The van der Waals surface area contributed by atoms with Gasteiger partial charge in [0, 0.05) is 6.54 Å². The molecule has 1 aliphatic carbocycles. The number of amides is 4. The van der Waals surface area contributed by atoms with Gasteiger partial charge < -0.3 is 35.7 Å². The Bertz CT molecular complexity index is 1480. The number of ether oxygens (including phenoxy) is 1. The second-order valence-corrected chi connectivity index (χ2v) is 14.6. The molecule has 4 rings (SSSR count). The molecule has 1 saturated carbocycles. The van der Waals surface area contributed by atoms with Crippen molar-refractivity contribution < 1.29 is 33.8 Å². The van der Waals surface area contributed by atoms with E-state index < -0.39 is 58.4 Å². The lowest BCUT2D eigenvalue weighted by Gasteiger charge is -2.33. The van der Waals surface area contributed by atoms with Crippen LogP contribution in [-0.4, -0.2) is 79.5 Å². The molecule has 2 fully saturated rings. The van der Waals surface area contributed by atoms with Crippen LogP contribution >= 0.6 is 0 Å². The number of aromatic amines is 1. The number of alkyl carbamates (subject to hydrolysis) is 1. The smallest absolute Gasteiger partial charge is 0.408 e. The molecule has 5 N–H and O–H groups in total. The number of likely N-dealkylation sites (tertiary alicyclic amines) is 1. The van der Waals surface area contributed by atoms with Crippen molar-refractivity contribution in [2.45, 2.75) is 122 Å². The fourth-order valence-electron chi connectivity index (χ4n) is 6.49. The van der Waals surface area contributed by atoms with Gasteiger partial charge in [0.1, 0.15) is 40.3 Å². The van der Waals surface area contributed by atoms with Gasteiger partial charge >= 0.3 is 12.1 Å². The number of carbonyl (C=O) groups is 5. The molecule has 1 unspecified atom stereocenters. The molecule has 2 heterocycles.